The van der Waals surface area contributed by atoms with Crippen molar-refractivity contribution in [2.45, 2.75) is 12.8 Å². The van der Waals surface area contributed by atoms with Crippen LogP contribution in [0.25, 0.3) is 32.7 Å². The fourth-order valence-corrected chi connectivity index (χ4v) is 4.57. The molecule has 32 heavy (non-hydrogen) atoms. The van der Waals surface area contributed by atoms with Crippen LogP contribution in [-0.2, 0) is 0 Å². The standard InChI is InChI=1S/C26H24Br2O4/c27-19-5-7-21-17(15-19)3-9-23(31-13-1-11-29)25(21)26-22-8-6-20(28)16-18(22)4-10-24(26)32-14-2-12-30/h3-10,15-16,29-30H,1-2,11-14H2. The highest BCUT2D eigenvalue weighted by Crippen LogP contribution is 2.46. The molecule has 0 saturated carbocycles. The SMILES string of the molecule is OCCCOc1ccc2cc(Br)ccc2c1-c1c(OCCCO)ccc2cc(Br)ccc12. The average Bonchev–Trinajstić information content (AvgIpc) is 2.79. The molecule has 0 radical (unpaired) electrons. The Morgan fingerprint density at radius 3 is 1.44 bits per heavy atom. The van der Waals surface area contributed by atoms with Crippen LogP contribution < -0.4 is 9.47 Å². The molecule has 0 aliphatic heterocycles. The summed E-state index contributed by atoms with van der Waals surface area (Å²) in [6.45, 7) is 0.993. The third kappa shape index (κ3) is 4.94. The van der Waals surface area contributed by atoms with Gasteiger partial charge in [0.15, 0.2) is 0 Å². The van der Waals surface area contributed by atoms with Crippen molar-refractivity contribution in [2.75, 3.05) is 26.4 Å². The molecule has 0 aliphatic rings. The zero-order valence-electron chi connectivity index (χ0n) is 17.5. The number of fused-ring (bicyclic) bond motifs is 2. The molecule has 0 fully saturated rings. The summed E-state index contributed by atoms with van der Waals surface area (Å²) >= 11 is 7.15. The lowest BCUT2D eigenvalue weighted by molar-refractivity contribution is 0.232. The molecule has 0 bridgehead atoms. The molecule has 4 aromatic carbocycles. The van der Waals surface area contributed by atoms with Gasteiger partial charge >= 0.3 is 0 Å². The number of hydrogen-bond acceptors (Lipinski definition) is 4. The van der Waals surface area contributed by atoms with Crippen molar-refractivity contribution in [1.82, 2.24) is 0 Å². The maximum atomic E-state index is 9.23. The molecular formula is C26H24Br2O4. The Bertz CT molecular complexity index is 1140. The van der Waals surface area contributed by atoms with Crippen LogP contribution in [-0.4, -0.2) is 36.6 Å². The van der Waals surface area contributed by atoms with E-state index in [1.165, 1.54) is 0 Å². The average molecular weight is 560 g/mol. The van der Waals surface area contributed by atoms with E-state index < -0.39 is 0 Å². The Hall–Kier alpha value is -2.12. The van der Waals surface area contributed by atoms with Crippen molar-refractivity contribution >= 4 is 53.4 Å². The van der Waals surface area contributed by atoms with Crippen LogP contribution in [0, 0.1) is 0 Å². The third-order valence-corrected chi connectivity index (χ3v) is 6.24. The van der Waals surface area contributed by atoms with Gasteiger partial charge < -0.3 is 19.7 Å². The first-order valence-electron chi connectivity index (χ1n) is 10.5. The van der Waals surface area contributed by atoms with Crippen LogP contribution in [0.1, 0.15) is 12.8 Å². The molecule has 6 heteroatoms. The van der Waals surface area contributed by atoms with Crippen molar-refractivity contribution < 1.29 is 19.7 Å². The third-order valence-electron chi connectivity index (χ3n) is 5.26. The van der Waals surface area contributed by atoms with Crippen LogP contribution in [0.15, 0.2) is 69.6 Å². The van der Waals surface area contributed by atoms with Crippen LogP contribution in [0.4, 0.5) is 0 Å². The van der Waals surface area contributed by atoms with Gasteiger partial charge in [-0.3, -0.25) is 0 Å². The maximum absolute atomic E-state index is 9.23. The summed E-state index contributed by atoms with van der Waals surface area (Å²) in [4.78, 5) is 0. The number of benzene rings is 4. The highest BCUT2D eigenvalue weighted by molar-refractivity contribution is 9.10. The maximum Gasteiger partial charge on any atom is 0.127 e. The van der Waals surface area contributed by atoms with E-state index in [4.69, 9.17) is 9.47 Å². The second-order valence-electron chi connectivity index (χ2n) is 7.46. The van der Waals surface area contributed by atoms with Crippen LogP contribution in [0.3, 0.4) is 0 Å². The van der Waals surface area contributed by atoms with Crippen LogP contribution in [0.5, 0.6) is 11.5 Å². The molecule has 0 amide bonds. The summed E-state index contributed by atoms with van der Waals surface area (Å²) in [5.41, 5.74) is 1.92. The van der Waals surface area contributed by atoms with Gasteiger partial charge in [0.25, 0.3) is 0 Å². The van der Waals surface area contributed by atoms with E-state index >= 15 is 0 Å². The molecular weight excluding hydrogens is 536 g/mol. The van der Waals surface area contributed by atoms with Crippen molar-refractivity contribution in [3.63, 3.8) is 0 Å². The summed E-state index contributed by atoms with van der Waals surface area (Å²) in [7, 11) is 0. The molecule has 0 heterocycles. The molecule has 166 valence electrons. The zero-order chi connectivity index (χ0) is 22.5. The van der Waals surface area contributed by atoms with Gasteiger partial charge in [-0.25, -0.2) is 0 Å². The molecule has 0 saturated heterocycles. The molecule has 4 aromatic rings. The highest BCUT2D eigenvalue weighted by Gasteiger charge is 2.19. The lowest BCUT2D eigenvalue weighted by Crippen LogP contribution is -2.04. The van der Waals surface area contributed by atoms with Crippen molar-refractivity contribution in [3.8, 4) is 22.6 Å². The van der Waals surface area contributed by atoms with E-state index in [2.05, 4.69) is 56.1 Å². The molecule has 4 rings (SSSR count). The number of hydrogen-bond donors (Lipinski definition) is 2. The van der Waals surface area contributed by atoms with Gasteiger partial charge in [-0.15, -0.1) is 0 Å². The first kappa shape index (κ1) is 23.1. The minimum atomic E-state index is 0.0771. The summed E-state index contributed by atoms with van der Waals surface area (Å²) < 4.78 is 14.3. The first-order chi connectivity index (χ1) is 15.6. The highest BCUT2D eigenvalue weighted by atomic mass is 79.9. The summed E-state index contributed by atoms with van der Waals surface area (Å²) in [5, 5.41) is 22.7. The van der Waals surface area contributed by atoms with E-state index in [1.807, 2.05) is 36.4 Å². The van der Waals surface area contributed by atoms with Crippen molar-refractivity contribution in [1.29, 1.82) is 0 Å². The van der Waals surface area contributed by atoms with Crippen molar-refractivity contribution in [3.05, 3.63) is 69.6 Å². The smallest absolute Gasteiger partial charge is 0.127 e. The number of aliphatic hydroxyl groups excluding tert-OH is 2. The molecule has 0 spiro atoms. The van der Waals surface area contributed by atoms with Gasteiger partial charge in [-0.2, -0.15) is 0 Å². The second kappa shape index (κ2) is 10.7. The summed E-state index contributed by atoms with van der Waals surface area (Å²) in [6.07, 6.45) is 1.11. The lowest BCUT2D eigenvalue weighted by Gasteiger charge is -2.20. The van der Waals surface area contributed by atoms with Crippen LogP contribution >= 0.6 is 31.9 Å². The Kier molecular flexibility index (Phi) is 7.68. The van der Waals surface area contributed by atoms with Gasteiger partial charge in [-0.1, -0.05) is 56.1 Å². The largest absolute Gasteiger partial charge is 0.493 e. The van der Waals surface area contributed by atoms with E-state index in [0.717, 1.165) is 53.1 Å². The topological polar surface area (TPSA) is 58.9 Å². The van der Waals surface area contributed by atoms with E-state index in [9.17, 15) is 10.2 Å². The molecule has 0 unspecified atom stereocenters. The zero-order valence-corrected chi connectivity index (χ0v) is 20.7. The number of rotatable bonds is 9. The molecule has 4 nitrogen and oxygen atoms in total. The second-order valence-corrected chi connectivity index (χ2v) is 9.29. The minimum absolute atomic E-state index is 0.0771. The van der Waals surface area contributed by atoms with E-state index in [1.54, 1.807) is 0 Å². The molecule has 2 N–H and O–H groups in total. The van der Waals surface area contributed by atoms with Gasteiger partial charge in [0.1, 0.15) is 11.5 Å². The molecule has 0 aromatic heterocycles. The Balaban J connectivity index is 2.01. The minimum Gasteiger partial charge on any atom is -0.493 e. The Labute approximate surface area is 204 Å². The monoisotopic (exact) mass is 558 g/mol. The number of aliphatic hydroxyl groups is 2. The Morgan fingerprint density at radius 2 is 1.03 bits per heavy atom. The lowest BCUT2D eigenvalue weighted by atomic mass is 9.92. The van der Waals surface area contributed by atoms with Crippen LogP contribution in [0.2, 0.25) is 0 Å². The normalized spacial score (nSPS) is 11.2. The quantitative estimate of drug-likeness (QED) is 0.224. The van der Waals surface area contributed by atoms with E-state index in [-0.39, 0.29) is 13.2 Å². The van der Waals surface area contributed by atoms with Gasteiger partial charge in [0.05, 0.1) is 13.2 Å². The number of ether oxygens (including phenoxy) is 2. The van der Waals surface area contributed by atoms with E-state index in [0.29, 0.717) is 26.1 Å². The first-order valence-corrected chi connectivity index (χ1v) is 12.1. The van der Waals surface area contributed by atoms with Crippen molar-refractivity contribution in [2.24, 2.45) is 0 Å². The predicted octanol–water partition coefficient (Wildman–Crippen LogP) is 6.71. The molecule has 0 atom stereocenters. The Morgan fingerprint density at radius 1 is 0.594 bits per heavy atom. The summed E-state index contributed by atoms with van der Waals surface area (Å²) in [6, 6.07) is 20.5. The summed E-state index contributed by atoms with van der Waals surface area (Å²) in [5.74, 6) is 1.49. The fraction of sp³-hybridized carbons (Fsp3) is 0.231. The van der Waals surface area contributed by atoms with Gasteiger partial charge in [0, 0.05) is 46.1 Å². The fourth-order valence-electron chi connectivity index (χ4n) is 3.81. The van der Waals surface area contributed by atoms with Gasteiger partial charge in [-0.05, 0) is 57.9 Å². The molecule has 0 aliphatic carbocycles. The predicted molar refractivity (Wildman–Crippen MR) is 137 cm³/mol. The van der Waals surface area contributed by atoms with Gasteiger partial charge in [0.2, 0.25) is 0 Å². The number of halogens is 2.